The summed E-state index contributed by atoms with van der Waals surface area (Å²) in [5, 5.41) is 8.95. The van der Waals surface area contributed by atoms with E-state index in [2.05, 4.69) is 35.9 Å². The number of hydrogen-bond donors (Lipinski definition) is 3. The molecular formula is C13H13BrN4O. The van der Waals surface area contributed by atoms with Crippen LogP contribution in [0.25, 0.3) is 22.3 Å². The van der Waals surface area contributed by atoms with Crippen molar-refractivity contribution in [2.24, 2.45) is 0 Å². The normalized spacial score (nSPS) is 11.3. The molecule has 19 heavy (non-hydrogen) atoms. The van der Waals surface area contributed by atoms with E-state index in [1.807, 2.05) is 25.1 Å². The second-order valence-electron chi connectivity index (χ2n) is 4.37. The largest absolute Gasteiger partial charge is 0.396 e. The number of hydrogen-bond acceptors (Lipinski definition) is 3. The number of aliphatic hydroxyl groups excluding tert-OH is 1. The number of imidazole rings is 2. The van der Waals surface area contributed by atoms with Crippen molar-refractivity contribution in [1.29, 1.82) is 0 Å². The molecule has 2 heterocycles. The van der Waals surface area contributed by atoms with Crippen molar-refractivity contribution in [2.45, 2.75) is 13.3 Å². The van der Waals surface area contributed by atoms with Gasteiger partial charge in [-0.15, -0.1) is 0 Å². The molecule has 0 saturated heterocycles. The molecule has 0 aliphatic heterocycles. The van der Waals surface area contributed by atoms with Gasteiger partial charge in [0.2, 0.25) is 0 Å². The van der Waals surface area contributed by atoms with Crippen LogP contribution in [0.5, 0.6) is 0 Å². The molecule has 0 saturated carbocycles. The van der Waals surface area contributed by atoms with Gasteiger partial charge in [-0.05, 0) is 35.0 Å². The van der Waals surface area contributed by atoms with Gasteiger partial charge in [0.15, 0.2) is 0 Å². The van der Waals surface area contributed by atoms with Crippen LogP contribution in [-0.4, -0.2) is 31.6 Å². The SMILES string of the molecule is Cc1nc2ccc(-c3nc(CCO)[nH]c3Br)cc2[nH]1. The molecule has 1 aromatic carbocycles. The number of fused-ring (bicyclic) bond motifs is 1. The molecule has 3 N–H and O–H groups in total. The molecule has 2 aromatic heterocycles. The van der Waals surface area contributed by atoms with E-state index in [4.69, 9.17) is 5.11 Å². The predicted octanol–water partition coefficient (Wildman–Crippen LogP) is 2.56. The average Bonchev–Trinajstić information content (AvgIpc) is 2.90. The topological polar surface area (TPSA) is 77.6 Å². The number of halogens is 1. The Kier molecular flexibility index (Phi) is 3.12. The summed E-state index contributed by atoms with van der Waals surface area (Å²) >= 11 is 3.47. The lowest BCUT2D eigenvalue weighted by Gasteiger charge is -1.97. The molecule has 0 aliphatic carbocycles. The molecule has 0 spiro atoms. The highest BCUT2D eigenvalue weighted by Crippen LogP contribution is 2.28. The number of nitrogens with zero attached hydrogens (tertiary/aromatic N) is 2. The van der Waals surface area contributed by atoms with Crippen LogP contribution in [0, 0.1) is 6.92 Å². The Bertz CT molecular complexity index is 731. The highest BCUT2D eigenvalue weighted by molar-refractivity contribution is 9.10. The molecule has 0 amide bonds. The van der Waals surface area contributed by atoms with Crippen LogP contribution < -0.4 is 0 Å². The van der Waals surface area contributed by atoms with E-state index in [1.54, 1.807) is 0 Å². The van der Waals surface area contributed by atoms with Crippen molar-refractivity contribution >= 4 is 27.0 Å². The van der Waals surface area contributed by atoms with Crippen LogP contribution in [0.1, 0.15) is 11.6 Å². The fraction of sp³-hybridized carbons (Fsp3) is 0.231. The minimum Gasteiger partial charge on any atom is -0.396 e. The Morgan fingerprint density at radius 1 is 1.26 bits per heavy atom. The highest BCUT2D eigenvalue weighted by Gasteiger charge is 2.11. The first-order valence-corrected chi connectivity index (χ1v) is 6.78. The fourth-order valence-corrected chi connectivity index (χ4v) is 2.64. The molecule has 0 atom stereocenters. The monoisotopic (exact) mass is 320 g/mol. The third kappa shape index (κ3) is 2.29. The predicted molar refractivity (Wildman–Crippen MR) is 76.9 cm³/mol. The maximum absolute atomic E-state index is 8.95. The van der Waals surface area contributed by atoms with Crippen molar-refractivity contribution in [3.8, 4) is 11.3 Å². The Morgan fingerprint density at radius 3 is 2.89 bits per heavy atom. The lowest BCUT2D eigenvalue weighted by atomic mass is 10.1. The number of H-pyrrole nitrogens is 2. The summed E-state index contributed by atoms with van der Waals surface area (Å²) in [5.74, 6) is 1.67. The third-order valence-corrected chi connectivity index (χ3v) is 3.50. The summed E-state index contributed by atoms with van der Waals surface area (Å²) in [7, 11) is 0. The first kappa shape index (κ1) is 12.4. The Hall–Kier alpha value is -1.66. The molecule has 3 rings (SSSR count). The molecular weight excluding hydrogens is 308 g/mol. The van der Waals surface area contributed by atoms with Gasteiger partial charge in [0, 0.05) is 12.0 Å². The van der Waals surface area contributed by atoms with E-state index < -0.39 is 0 Å². The molecule has 0 bridgehead atoms. The number of aromatic nitrogens is 4. The summed E-state index contributed by atoms with van der Waals surface area (Å²) in [4.78, 5) is 15.2. The van der Waals surface area contributed by atoms with E-state index >= 15 is 0 Å². The van der Waals surface area contributed by atoms with Gasteiger partial charge in [-0.2, -0.15) is 0 Å². The third-order valence-electron chi connectivity index (χ3n) is 2.93. The number of aliphatic hydroxyl groups is 1. The van der Waals surface area contributed by atoms with Crippen molar-refractivity contribution in [3.05, 3.63) is 34.5 Å². The average molecular weight is 321 g/mol. The number of aryl methyl sites for hydroxylation is 1. The van der Waals surface area contributed by atoms with Crippen LogP contribution in [0.3, 0.4) is 0 Å². The number of aromatic amines is 2. The van der Waals surface area contributed by atoms with Gasteiger partial charge in [-0.25, -0.2) is 9.97 Å². The highest BCUT2D eigenvalue weighted by atomic mass is 79.9. The molecule has 0 unspecified atom stereocenters. The second kappa shape index (κ2) is 4.79. The van der Waals surface area contributed by atoms with Crippen molar-refractivity contribution in [3.63, 3.8) is 0 Å². The van der Waals surface area contributed by atoms with Gasteiger partial charge in [-0.3, -0.25) is 0 Å². The molecule has 0 fully saturated rings. The zero-order chi connectivity index (χ0) is 13.4. The van der Waals surface area contributed by atoms with Crippen LogP contribution in [0.2, 0.25) is 0 Å². The fourth-order valence-electron chi connectivity index (χ4n) is 2.10. The van der Waals surface area contributed by atoms with Crippen molar-refractivity contribution in [2.75, 3.05) is 6.61 Å². The molecule has 98 valence electrons. The first-order valence-electron chi connectivity index (χ1n) is 5.99. The van der Waals surface area contributed by atoms with Gasteiger partial charge in [-0.1, -0.05) is 6.07 Å². The lowest BCUT2D eigenvalue weighted by Crippen LogP contribution is -1.92. The number of rotatable bonds is 3. The summed E-state index contributed by atoms with van der Waals surface area (Å²) in [6.45, 7) is 2.02. The Morgan fingerprint density at radius 2 is 2.11 bits per heavy atom. The Labute approximate surface area is 118 Å². The minimum atomic E-state index is 0.0815. The lowest BCUT2D eigenvalue weighted by molar-refractivity contribution is 0.297. The van der Waals surface area contributed by atoms with Crippen LogP contribution in [-0.2, 0) is 6.42 Å². The van der Waals surface area contributed by atoms with Gasteiger partial charge in [0.25, 0.3) is 0 Å². The van der Waals surface area contributed by atoms with Crippen LogP contribution in [0.15, 0.2) is 22.8 Å². The first-order chi connectivity index (χ1) is 9.17. The van der Waals surface area contributed by atoms with Crippen LogP contribution >= 0.6 is 15.9 Å². The maximum atomic E-state index is 8.95. The van der Waals surface area contributed by atoms with E-state index in [0.29, 0.717) is 6.42 Å². The standard InChI is InChI=1S/C13H13BrN4O/c1-7-15-9-3-2-8(6-10(9)16-7)12-13(14)18-11(17-12)4-5-19/h2-3,6,19H,4-5H2,1H3,(H,15,16)(H,17,18). The maximum Gasteiger partial charge on any atom is 0.110 e. The van der Waals surface area contributed by atoms with E-state index in [9.17, 15) is 0 Å². The van der Waals surface area contributed by atoms with Crippen LogP contribution in [0.4, 0.5) is 0 Å². The molecule has 0 radical (unpaired) electrons. The Balaban J connectivity index is 2.07. The smallest absolute Gasteiger partial charge is 0.110 e. The number of nitrogens with one attached hydrogen (secondary N) is 2. The van der Waals surface area contributed by atoms with E-state index in [-0.39, 0.29) is 6.61 Å². The summed E-state index contributed by atoms with van der Waals surface area (Å²) < 4.78 is 0.825. The molecule has 3 aromatic rings. The number of benzene rings is 1. The minimum absolute atomic E-state index is 0.0815. The molecule has 6 heteroatoms. The van der Waals surface area contributed by atoms with E-state index in [1.165, 1.54) is 0 Å². The van der Waals surface area contributed by atoms with E-state index in [0.717, 1.165) is 38.5 Å². The molecule has 0 aliphatic rings. The van der Waals surface area contributed by atoms with Crippen molar-refractivity contribution in [1.82, 2.24) is 19.9 Å². The quantitative estimate of drug-likeness (QED) is 0.694. The molecule has 5 nitrogen and oxygen atoms in total. The van der Waals surface area contributed by atoms with Gasteiger partial charge in [0.05, 0.1) is 17.6 Å². The summed E-state index contributed by atoms with van der Waals surface area (Å²) in [6, 6.07) is 5.99. The summed E-state index contributed by atoms with van der Waals surface area (Å²) in [5.41, 5.74) is 3.79. The van der Waals surface area contributed by atoms with Gasteiger partial charge in [0.1, 0.15) is 21.9 Å². The van der Waals surface area contributed by atoms with Gasteiger partial charge < -0.3 is 15.1 Å². The summed E-state index contributed by atoms with van der Waals surface area (Å²) in [6.07, 6.45) is 0.518. The second-order valence-corrected chi connectivity index (χ2v) is 5.17. The van der Waals surface area contributed by atoms with Gasteiger partial charge >= 0.3 is 0 Å². The zero-order valence-electron chi connectivity index (χ0n) is 10.4. The van der Waals surface area contributed by atoms with Crippen molar-refractivity contribution < 1.29 is 5.11 Å². The zero-order valence-corrected chi connectivity index (χ0v) is 12.0.